The summed E-state index contributed by atoms with van der Waals surface area (Å²) >= 11 is 3.66. The highest BCUT2D eigenvalue weighted by Crippen LogP contribution is 2.17. The van der Waals surface area contributed by atoms with Gasteiger partial charge in [0.25, 0.3) is 0 Å². The number of anilines is 1. The van der Waals surface area contributed by atoms with Crippen LogP contribution in [-0.4, -0.2) is 10.7 Å². The second-order valence-electron chi connectivity index (χ2n) is 3.97. The van der Waals surface area contributed by atoms with E-state index in [1.807, 2.05) is 18.2 Å². The number of carbonyl (C=O) groups is 1. The SMILES string of the molecule is CCCC(Br)Cc1cccc(NC(C)=O)c1. The lowest BCUT2D eigenvalue weighted by Gasteiger charge is -2.09. The van der Waals surface area contributed by atoms with Crippen molar-refractivity contribution >= 4 is 27.5 Å². The predicted octanol–water partition coefficient (Wildman–Crippen LogP) is 3.75. The quantitative estimate of drug-likeness (QED) is 0.820. The summed E-state index contributed by atoms with van der Waals surface area (Å²) in [6, 6.07) is 8.01. The van der Waals surface area contributed by atoms with Crippen molar-refractivity contribution in [2.24, 2.45) is 0 Å². The van der Waals surface area contributed by atoms with Crippen molar-refractivity contribution in [2.45, 2.75) is 37.9 Å². The molecule has 1 amide bonds. The van der Waals surface area contributed by atoms with Crippen LogP contribution >= 0.6 is 15.9 Å². The van der Waals surface area contributed by atoms with Crippen molar-refractivity contribution in [3.63, 3.8) is 0 Å². The van der Waals surface area contributed by atoms with Crippen molar-refractivity contribution in [3.05, 3.63) is 29.8 Å². The number of benzene rings is 1. The van der Waals surface area contributed by atoms with E-state index < -0.39 is 0 Å². The van der Waals surface area contributed by atoms with Gasteiger partial charge in [0.05, 0.1) is 0 Å². The fraction of sp³-hybridized carbons (Fsp3) is 0.462. The summed E-state index contributed by atoms with van der Waals surface area (Å²) in [4.78, 5) is 11.4. The average Bonchev–Trinajstić information content (AvgIpc) is 2.17. The van der Waals surface area contributed by atoms with Crippen LogP contribution in [0.25, 0.3) is 0 Å². The molecule has 0 saturated heterocycles. The maximum absolute atomic E-state index is 10.9. The second kappa shape index (κ2) is 6.69. The van der Waals surface area contributed by atoms with Crippen LogP contribution in [0, 0.1) is 0 Å². The van der Waals surface area contributed by atoms with Gasteiger partial charge in [-0.1, -0.05) is 41.4 Å². The van der Waals surface area contributed by atoms with Gasteiger partial charge >= 0.3 is 0 Å². The number of alkyl halides is 1. The Labute approximate surface area is 106 Å². The van der Waals surface area contributed by atoms with E-state index in [-0.39, 0.29) is 5.91 Å². The third-order valence-electron chi connectivity index (χ3n) is 2.31. The molecule has 3 heteroatoms. The number of nitrogens with one attached hydrogen (secondary N) is 1. The summed E-state index contributed by atoms with van der Waals surface area (Å²) in [5.41, 5.74) is 2.13. The molecule has 1 unspecified atom stereocenters. The molecular formula is C13H18BrNO. The van der Waals surface area contributed by atoms with Crippen molar-refractivity contribution in [1.29, 1.82) is 0 Å². The Balaban J connectivity index is 2.63. The fourth-order valence-electron chi connectivity index (χ4n) is 1.65. The third kappa shape index (κ3) is 4.79. The van der Waals surface area contributed by atoms with E-state index in [0.717, 1.165) is 12.1 Å². The van der Waals surface area contributed by atoms with Gasteiger partial charge in [0, 0.05) is 17.4 Å². The standard InChI is InChI=1S/C13H18BrNO/c1-3-5-12(14)8-11-6-4-7-13(9-11)15-10(2)16/h4,6-7,9,12H,3,5,8H2,1-2H3,(H,15,16). The summed E-state index contributed by atoms with van der Waals surface area (Å²) < 4.78 is 0. The predicted molar refractivity (Wildman–Crippen MR) is 72.1 cm³/mol. The van der Waals surface area contributed by atoms with E-state index in [4.69, 9.17) is 0 Å². The summed E-state index contributed by atoms with van der Waals surface area (Å²) in [5, 5.41) is 2.80. The van der Waals surface area contributed by atoms with Gasteiger partial charge < -0.3 is 5.32 Å². The molecule has 0 bridgehead atoms. The maximum Gasteiger partial charge on any atom is 0.221 e. The van der Waals surface area contributed by atoms with Gasteiger partial charge in [-0.05, 0) is 30.5 Å². The van der Waals surface area contributed by atoms with E-state index in [1.165, 1.54) is 25.3 Å². The average molecular weight is 284 g/mol. The van der Waals surface area contributed by atoms with Crippen LogP contribution in [-0.2, 0) is 11.2 Å². The molecule has 0 aromatic heterocycles. The lowest BCUT2D eigenvalue weighted by molar-refractivity contribution is -0.114. The number of halogens is 1. The molecule has 0 aliphatic rings. The first kappa shape index (κ1) is 13.2. The number of carbonyl (C=O) groups excluding carboxylic acids is 1. The normalized spacial score (nSPS) is 12.2. The summed E-state index contributed by atoms with van der Waals surface area (Å²) in [6.45, 7) is 3.71. The molecule has 0 fully saturated rings. The zero-order valence-electron chi connectivity index (χ0n) is 9.79. The van der Waals surface area contributed by atoms with Crippen LogP contribution in [0.2, 0.25) is 0 Å². The second-order valence-corrected chi connectivity index (χ2v) is 5.27. The highest BCUT2D eigenvalue weighted by Gasteiger charge is 2.05. The molecule has 2 nitrogen and oxygen atoms in total. The number of hydrogen-bond donors (Lipinski definition) is 1. The zero-order chi connectivity index (χ0) is 12.0. The molecule has 0 saturated carbocycles. The van der Waals surface area contributed by atoms with Crippen molar-refractivity contribution in [2.75, 3.05) is 5.32 Å². The molecule has 0 heterocycles. The van der Waals surface area contributed by atoms with Crippen molar-refractivity contribution in [3.8, 4) is 0 Å². The van der Waals surface area contributed by atoms with Crippen LogP contribution in [0.1, 0.15) is 32.3 Å². The largest absolute Gasteiger partial charge is 0.326 e. The topological polar surface area (TPSA) is 29.1 Å². The van der Waals surface area contributed by atoms with Gasteiger partial charge in [0.1, 0.15) is 0 Å². The fourth-order valence-corrected chi connectivity index (χ4v) is 2.48. The Kier molecular flexibility index (Phi) is 5.53. The third-order valence-corrected chi connectivity index (χ3v) is 3.09. The first-order valence-electron chi connectivity index (χ1n) is 5.62. The van der Waals surface area contributed by atoms with Crippen LogP contribution in [0.5, 0.6) is 0 Å². The lowest BCUT2D eigenvalue weighted by atomic mass is 10.1. The van der Waals surface area contributed by atoms with Crippen molar-refractivity contribution < 1.29 is 4.79 Å². The molecule has 1 N–H and O–H groups in total. The molecule has 0 spiro atoms. The van der Waals surface area contributed by atoms with E-state index in [2.05, 4.69) is 34.2 Å². The van der Waals surface area contributed by atoms with E-state index in [9.17, 15) is 4.79 Å². The van der Waals surface area contributed by atoms with Gasteiger partial charge in [-0.15, -0.1) is 0 Å². The van der Waals surface area contributed by atoms with E-state index in [0.29, 0.717) is 4.83 Å². The van der Waals surface area contributed by atoms with Crippen LogP contribution in [0.15, 0.2) is 24.3 Å². The van der Waals surface area contributed by atoms with Gasteiger partial charge in [-0.25, -0.2) is 0 Å². The molecule has 0 aliphatic heterocycles. The van der Waals surface area contributed by atoms with Crippen LogP contribution in [0.3, 0.4) is 0 Å². The Morgan fingerprint density at radius 1 is 1.50 bits per heavy atom. The molecule has 1 rings (SSSR count). The van der Waals surface area contributed by atoms with Gasteiger partial charge in [-0.3, -0.25) is 4.79 Å². The monoisotopic (exact) mass is 283 g/mol. The molecule has 0 aliphatic carbocycles. The Morgan fingerprint density at radius 2 is 2.25 bits per heavy atom. The highest BCUT2D eigenvalue weighted by atomic mass is 79.9. The van der Waals surface area contributed by atoms with Crippen molar-refractivity contribution in [1.82, 2.24) is 0 Å². The summed E-state index contributed by atoms with van der Waals surface area (Å²) in [5.74, 6) is -0.0268. The zero-order valence-corrected chi connectivity index (χ0v) is 11.4. The molecule has 1 aromatic carbocycles. The molecule has 0 radical (unpaired) electrons. The van der Waals surface area contributed by atoms with Gasteiger partial charge in [0.15, 0.2) is 0 Å². The molecule has 88 valence electrons. The van der Waals surface area contributed by atoms with E-state index in [1.54, 1.807) is 0 Å². The van der Waals surface area contributed by atoms with Crippen LogP contribution in [0.4, 0.5) is 5.69 Å². The minimum atomic E-state index is -0.0268. The first-order valence-corrected chi connectivity index (χ1v) is 6.54. The molecule has 16 heavy (non-hydrogen) atoms. The van der Waals surface area contributed by atoms with Crippen LogP contribution < -0.4 is 5.32 Å². The summed E-state index contributed by atoms with van der Waals surface area (Å²) in [6.07, 6.45) is 3.35. The smallest absolute Gasteiger partial charge is 0.221 e. The number of amides is 1. The van der Waals surface area contributed by atoms with Gasteiger partial charge in [-0.2, -0.15) is 0 Å². The minimum absolute atomic E-state index is 0.0268. The first-order chi connectivity index (χ1) is 7.61. The number of hydrogen-bond acceptors (Lipinski definition) is 1. The lowest BCUT2D eigenvalue weighted by Crippen LogP contribution is -2.07. The Morgan fingerprint density at radius 3 is 2.88 bits per heavy atom. The minimum Gasteiger partial charge on any atom is -0.326 e. The van der Waals surface area contributed by atoms with E-state index >= 15 is 0 Å². The molecular weight excluding hydrogens is 266 g/mol. The maximum atomic E-state index is 10.9. The summed E-state index contributed by atoms with van der Waals surface area (Å²) in [7, 11) is 0. The van der Waals surface area contributed by atoms with Gasteiger partial charge in [0.2, 0.25) is 5.91 Å². The molecule has 1 aromatic rings. The highest BCUT2D eigenvalue weighted by molar-refractivity contribution is 9.09. The Bertz CT molecular complexity index is 352. The Hall–Kier alpha value is -0.830. The number of rotatable bonds is 5. The molecule has 1 atom stereocenters.